The Morgan fingerprint density at radius 3 is 1.62 bits per heavy atom. The van der Waals surface area contributed by atoms with Crippen molar-refractivity contribution in [2.24, 2.45) is 0 Å². The van der Waals surface area contributed by atoms with Crippen molar-refractivity contribution < 1.29 is 21.5 Å². The van der Waals surface area contributed by atoms with Crippen LogP contribution < -0.4 is 23.1 Å². The summed E-state index contributed by atoms with van der Waals surface area (Å²) in [6.45, 7) is 14.5. The lowest BCUT2D eigenvalue weighted by molar-refractivity contribution is -0.920. The van der Waals surface area contributed by atoms with E-state index < -0.39 is 0 Å². The number of allylic oxidation sites excluding steroid dienone is 2. The van der Waals surface area contributed by atoms with Gasteiger partial charge in [-0.2, -0.15) is 0 Å². The summed E-state index contributed by atoms with van der Waals surface area (Å²) in [5, 5.41) is 0. The Balaban J connectivity index is -0.00000225. The van der Waals surface area contributed by atoms with E-state index in [0.29, 0.717) is 6.17 Å². The van der Waals surface area contributed by atoms with E-state index in [0.717, 1.165) is 0 Å². The number of unbranched alkanes of at least 4 members (excludes halogenated alkanes) is 5. The van der Waals surface area contributed by atoms with Crippen LogP contribution >= 0.6 is 17.0 Å². The summed E-state index contributed by atoms with van der Waals surface area (Å²) in [6.07, 6.45) is 18.1. The average Bonchev–Trinajstić information content (AvgIpc) is 2.87. The van der Waals surface area contributed by atoms with Crippen molar-refractivity contribution in [3.63, 3.8) is 0 Å². The molecule has 0 bridgehead atoms. The smallest absolute Gasteiger partial charge is 0.168 e. The Bertz CT molecular complexity index is 405. The van der Waals surface area contributed by atoms with Gasteiger partial charge in [0.25, 0.3) is 0 Å². The zero-order valence-corrected chi connectivity index (χ0v) is 23.9. The zero-order valence-electron chi connectivity index (χ0n) is 20.6. The second-order valence-electron chi connectivity index (χ2n) is 8.52. The van der Waals surface area contributed by atoms with Gasteiger partial charge >= 0.3 is 0 Å². The van der Waals surface area contributed by atoms with E-state index in [4.69, 9.17) is 0 Å². The fraction of sp³-hybridized carbons (Fsp3) is 0.917. The van der Waals surface area contributed by atoms with Crippen LogP contribution in [0.15, 0.2) is 11.4 Å². The van der Waals surface area contributed by atoms with Crippen molar-refractivity contribution in [2.45, 2.75) is 124 Å². The lowest BCUT2D eigenvalue weighted by Crippen LogP contribution is -3.00. The topological polar surface area (TPSA) is 38.2 Å². The first-order chi connectivity index (χ1) is 12.6. The molecule has 29 heavy (non-hydrogen) atoms. The van der Waals surface area contributed by atoms with Crippen LogP contribution in [0.2, 0.25) is 0 Å². The fourth-order valence-electron chi connectivity index (χ4n) is 4.92. The summed E-state index contributed by atoms with van der Waals surface area (Å²) in [5.41, 5.74) is 3.57. The standard InChI is InChI=1S/C24H49N2.2BrH.H3N/c1-7-12-17-22-23(18-13-8-2)26(20-15-10-4,21-16-11-5)24(25(22)6)19-14-9-3;;;/h24H,7-21H2,1-6H3;2*1H;1H3/q+1;;;/p-1. The summed E-state index contributed by atoms with van der Waals surface area (Å²) in [5.74, 6) is 0. The summed E-state index contributed by atoms with van der Waals surface area (Å²) in [6, 6.07) is 0. The summed E-state index contributed by atoms with van der Waals surface area (Å²) in [7, 11) is 2.43. The lowest BCUT2D eigenvalue weighted by Gasteiger charge is -2.43. The highest BCUT2D eigenvalue weighted by molar-refractivity contribution is 8.93. The second kappa shape index (κ2) is 19.1. The molecule has 1 rings (SSSR count). The zero-order chi connectivity index (χ0) is 19.4. The molecule has 1 aliphatic heterocycles. The van der Waals surface area contributed by atoms with Crippen LogP contribution in [0, 0.1) is 0 Å². The SMILES string of the molecule is Br.CCCCC1=C(CCCC)[N+](CCCC)(CCCC)C(CCCC)N1C.N.[Br-]. The maximum Gasteiger partial charge on any atom is 0.168 e. The highest BCUT2D eigenvalue weighted by atomic mass is 79.9. The van der Waals surface area contributed by atoms with Crippen molar-refractivity contribution in [3.05, 3.63) is 11.4 Å². The van der Waals surface area contributed by atoms with Crippen LogP contribution in [0.5, 0.6) is 0 Å². The van der Waals surface area contributed by atoms with Gasteiger partial charge < -0.3 is 28.0 Å². The average molecular weight is 544 g/mol. The molecule has 5 heteroatoms. The van der Waals surface area contributed by atoms with Crippen molar-refractivity contribution >= 4 is 17.0 Å². The van der Waals surface area contributed by atoms with Gasteiger partial charge in [-0.25, -0.2) is 0 Å². The van der Waals surface area contributed by atoms with Gasteiger partial charge in [-0.1, -0.05) is 66.7 Å². The van der Waals surface area contributed by atoms with Crippen LogP contribution in [0.25, 0.3) is 0 Å². The lowest BCUT2D eigenvalue weighted by atomic mass is 10.0. The van der Waals surface area contributed by atoms with Gasteiger partial charge in [-0.15, -0.1) is 17.0 Å². The predicted octanol–water partition coefficient (Wildman–Crippen LogP) is 5.20. The number of halogens is 2. The van der Waals surface area contributed by atoms with Gasteiger partial charge in [-0.05, 0) is 38.5 Å². The number of quaternary nitrogens is 1. The Kier molecular flexibility index (Phi) is 22.5. The third kappa shape index (κ3) is 9.21. The maximum absolute atomic E-state index is 2.75. The van der Waals surface area contributed by atoms with E-state index in [9.17, 15) is 0 Å². The third-order valence-corrected chi connectivity index (χ3v) is 6.49. The van der Waals surface area contributed by atoms with Gasteiger partial charge in [0.2, 0.25) is 0 Å². The van der Waals surface area contributed by atoms with E-state index in [-0.39, 0.29) is 40.1 Å². The normalized spacial score (nSPS) is 17.6. The molecule has 0 amide bonds. The van der Waals surface area contributed by atoms with Crippen molar-refractivity contribution in [1.29, 1.82) is 0 Å². The van der Waals surface area contributed by atoms with Crippen molar-refractivity contribution in [3.8, 4) is 0 Å². The number of hydrogen-bond donors (Lipinski definition) is 1. The van der Waals surface area contributed by atoms with Crippen molar-refractivity contribution in [1.82, 2.24) is 11.1 Å². The molecule has 3 N–H and O–H groups in total. The highest BCUT2D eigenvalue weighted by Crippen LogP contribution is 2.43. The maximum atomic E-state index is 2.75. The Labute approximate surface area is 204 Å². The first-order valence-electron chi connectivity index (χ1n) is 11.9. The first-order valence-corrected chi connectivity index (χ1v) is 11.9. The second-order valence-corrected chi connectivity index (χ2v) is 8.52. The number of rotatable bonds is 15. The van der Waals surface area contributed by atoms with E-state index in [1.807, 2.05) is 5.70 Å². The van der Waals surface area contributed by atoms with E-state index in [1.54, 1.807) is 5.70 Å². The van der Waals surface area contributed by atoms with Crippen LogP contribution in [0.1, 0.15) is 118 Å². The molecule has 0 aromatic heterocycles. The van der Waals surface area contributed by atoms with E-state index >= 15 is 0 Å². The van der Waals surface area contributed by atoms with Crippen LogP contribution in [0.3, 0.4) is 0 Å². The Hall–Kier alpha value is 0.420. The molecule has 0 aromatic rings. The van der Waals surface area contributed by atoms with Crippen LogP contribution in [-0.2, 0) is 0 Å². The minimum Gasteiger partial charge on any atom is -1.00 e. The number of nitrogens with zero attached hydrogens (tertiary/aromatic N) is 2. The molecule has 0 radical (unpaired) electrons. The van der Waals surface area contributed by atoms with Gasteiger partial charge in [0.15, 0.2) is 6.17 Å². The molecule has 1 aliphatic rings. The number of hydrogen-bond acceptors (Lipinski definition) is 2. The summed E-state index contributed by atoms with van der Waals surface area (Å²) < 4.78 is 1.32. The Morgan fingerprint density at radius 1 is 0.724 bits per heavy atom. The molecule has 0 aliphatic carbocycles. The molecule has 1 heterocycles. The quantitative estimate of drug-likeness (QED) is 0.289. The minimum absolute atomic E-state index is 0. The molecule has 0 saturated heterocycles. The highest BCUT2D eigenvalue weighted by Gasteiger charge is 2.49. The molecule has 1 atom stereocenters. The summed E-state index contributed by atoms with van der Waals surface area (Å²) >= 11 is 0. The largest absolute Gasteiger partial charge is 1.00 e. The van der Waals surface area contributed by atoms with E-state index in [2.05, 4.69) is 46.6 Å². The molecule has 0 fully saturated rings. The van der Waals surface area contributed by atoms with Crippen molar-refractivity contribution in [2.75, 3.05) is 20.1 Å². The van der Waals surface area contributed by atoms with Gasteiger partial charge in [0, 0.05) is 19.9 Å². The van der Waals surface area contributed by atoms with Gasteiger partial charge in [0.05, 0.1) is 18.8 Å². The molecular weight excluding hydrogens is 490 g/mol. The van der Waals surface area contributed by atoms with Crippen LogP contribution in [0.4, 0.5) is 0 Å². The minimum atomic E-state index is 0. The molecule has 0 aromatic carbocycles. The Morgan fingerprint density at radius 2 is 1.17 bits per heavy atom. The molecular formula is C24H53Br2N3. The molecule has 3 nitrogen and oxygen atoms in total. The molecule has 178 valence electrons. The van der Waals surface area contributed by atoms with Gasteiger partial charge in [-0.3, -0.25) is 4.48 Å². The predicted molar refractivity (Wildman–Crippen MR) is 132 cm³/mol. The molecule has 0 spiro atoms. The first kappa shape index (κ1) is 34.0. The molecule has 1 unspecified atom stereocenters. The molecule has 0 saturated carbocycles. The van der Waals surface area contributed by atoms with E-state index in [1.165, 1.54) is 101 Å². The fourth-order valence-corrected chi connectivity index (χ4v) is 4.92. The van der Waals surface area contributed by atoms with Crippen LogP contribution in [-0.4, -0.2) is 35.7 Å². The monoisotopic (exact) mass is 541 g/mol. The van der Waals surface area contributed by atoms with Gasteiger partial charge in [0.1, 0.15) is 5.70 Å². The summed E-state index contributed by atoms with van der Waals surface area (Å²) in [4.78, 5) is 2.75. The third-order valence-electron chi connectivity index (χ3n) is 6.49.